The highest BCUT2D eigenvalue weighted by atomic mass is 35.5. The van der Waals surface area contributed by atoms with E-state index in [2.05, 4.69) is 58.9 Å². The minimum absolute atomic E-state index is 0.140. The van der Waals surface area contributed by atoms with Crippen molar-refractivity contribution in [3.05, 3.63) is 105 Å². The molecule has 0 saturated heterocycles. The van der Waals surface area contributed by atoms with Crippen molar-refractivity contribution in [2.24, 2.45) is 5.10 Å². The van der Waals surface area contributed by atoms with Crippen LogP contribution in [0.3, 0.4) is 0 Å². The van der Waals surface area contributed by atoms with Gasteiger partial charge >= 0.3 is 0 Å². The maximum absolute atomic E-state index is 6.07. The van der Waals surface area contributed by atoms with E-state index < -0.39 is 0 Å². The topological polar surface area (TPSA) is 28.5 Å². The number of rotatable bonds is 4. The van der Waals surface area contributed by atoms with Crippen molar-refractivity contribution in [1.29, 1.82) is 0 Å². The molecule has 0 amide bonds. The largest absolute Gasteiger partial charge is 0.231 e. The number of aromatic nitrogens is 1. The minimum atomic E-state index is 0.140. The molecule has 1 atom stereocenters. The Morgan fingerprint density at radius 2 is 1.61 bits per heavy atom. The first-order valence-corrected chi connectivity index (χ1v) is 12.8. The first-order chi connectivity index (χ1) is 16.2. The smallest absolute Gasteiger partial charge is 0.207 e. The zero-order valence-electron chi connectivity index (χ0n) is 18.2. The highest BCUT2D eigenvalue weighted by Gasteiger charge is 2.32. The molecule has 0 N–H and O–H groups in total. The van der Waals surface area contributed by atoms with Crippen LogP contribution in [0.25, 0.3) is 11.3 Å². The van der Waals surface area contributed by atoms with Crippen molar-refractivity contribution in [2.75, 3.05) is 5.01 Å². The van der Waals surface area contributed by atoms with Crippen LogP contribution in [0.5, 0.6) is 0 Å². The molecule has 0 radical (unpaired) electrons. The van der Waals surface area contributed by atoms with Crippen LogP contribution in [0.1, 0.15) is 47.6 Å². The van der Waals surface area contributed by atoms with Crippen LogP contribution in [-0.4, -0.2) is 10.7 Å². The molecule has 0 unspecified atom stereocenters. The van der Waals surface area contributed by atoms with Crippen LogP contribution in [0.15, 0.2) is 83.3 Å². The fourth-order valence-electron chi connectivity index (χ4n) is 4.83. The number of thiazole rings is 1. The summed E-state index contributed by atoms with van der Waals surface area (Å²) in [5, 5.41) is 11.0. The number of fused-ring (bicyclic) bond motifs is 1. The summed E-state index contributed by atoms with van der Waals surface area (Å²) in [6.07, 6.45) is 5.84. The lowest BCUT2D eigenvalue weighted by Gasteiger charge is -2.21. The Balaban J connectivity index is 1.37. The molecule has 0 spiro atoms. The van der Waals surface area contributed by atoms with Gasteiger partial charge < -0.3 is 0 Å². The lowest BCUT2D eigenvalue weighted by atomic mass is 9.89. The molecule has 6 rings (SSSR count). The molecule has 3 nitrogen and oxygen atoms in total. The lowest BCUT2D eigenvalue weighted by molar-refractivity contribution is 0.685. The predicted octanol–water partition coefficient (Wildman–Crippen LogP) is 7.70. The van der Waals surface area contributed by atoms with E-state index in [1.807, 2.05) is 24.3 Å². The summed E-state index contributed by atoms with van der Waals surface area (Å²) >= 11 is 7.71. The molecule has 33 heavy (non-hydrogen) atoms. The molecule has 1 aliphatic carbocycles. The zero-order valence-corrected chi connectivity index (χ0v) is 19.8. The van der Waals surface area contributed by atoms with Gasteiger partial charge in [0.25, 0.3) is 0 Å². The zero-order chi connectivity index (χ0) is 22.2. The predicted molar refractivity (Wildman–Crippen MR) is 138 cm³/mol. The Morgan fingerprint density at radius 3 is 2.42 bits per heavy atom. The number of aryl methyl sites for hydroxylation is 2. The minimum Gasteiger partial charge on any atom is -0.231 e. The van der Waals surface area contributed by atoms with Crippen molar-refractivity contribution in [3.63, 3.8) is 0 Å². The standard InChI is InChI=1S/C28H24ClN3S/c29-24-14-12-20(13-15-24)26-18-33-28(30-26)32-27(21-7-2-1-3-8-21)17-25(31-32)23-11-10-19-6-4-5-9-22(19)16-23/h1-3,7-8,10-16,18,27H,4-6,9,17H2/t27-/m1/s1. The molecular weight excluding hydrogens is 446 g/mol. The van der Waals surface area contributed by atoms with E-state index in [1.54, 1.807) is 11.3 Å². The van der Waals surface area contributed by atoms with E-state index in [9.17, 15) is 0 Å². The molecule has 0 bridgehead atoms. The van der Waals surface area contributed by atoms with Crippen LogP contribution in [0.2, 0.25) is 5.02 Å². The van der Waals surface area contributed by atoms with E-state index in [0.29, 0.717) is 0 Å². The number of nitrogens with zero attached hydrogens (tertiary/aromatic N) is 3. The molecule has 4 aromatic rings. The van der Waals surface area contributed by atoms with Crippen molar-refractivity contribution in [1.82, 2.24) is 4.98 Å². The van der Waals surface area contributed by atoms with Crippen molar-refractivity contribution in [2.45, 2.75) is 38.1 Å². The first-order valence-electron chi connectivity index (χ1n) is 11.5. The normalized spacial score (nSPS) is 17.7. The second kappa shape index (κ2) is 8.77. The molecule has 5 heteroatoms. The van der Waals surface area contributed by atoms with Gasteiger partial charge in [0.1, 0.15) is 0 Å². The summed E-state index contributed by atoms with van der Waals surface area (Å²) in [7, 11) is 0. The maximum Gasteiger partial charge on any atom is 0.207 e. The van der Waals surface area contributed by atoms with Crippen LogP contribution in [-0.2, 0) is 12.8 Å². The summed E-state index contributed by atoms with van der Waals surface area (Å²) in [5.74, 6) is 0. The summed E-state index contributed by atoms with van der Waals surface area (Å²) in [5.41, 5.74) is 8.67. The summed E-state index contributed by atoms with van der Waals surface area (Å²) in [4.78, 5) is 4.96. The third kappa shape index (κ3) is 4.09. The van der Waals surface area contributed by atoms with Gasteiger partial charge in [0, 0.05) is 22.4 Å². The molecule has 2 heterocycles. The first kappa shape index (κ1) is 20.6. The van der Waals surface area contributed by atoms with Crippen LogP contribution in [0.4, 0.5) is 5.13 Å². The number of anilines is 1. The molecule has 3 aromatic carbocycles. The third-order valence-corrected chi connectivity index (χ3v) is 7.69. The third-order valence-electron chi connectivity index (χ3n) is 6.60. The number of halogens is 1. The van der Waals surface area contributed by atoms with Gasteiger partial charge in [-0.3, -0.25) is 0 Å². The fraction of sp³-hybridized carbons (Fsp3) is 0.214. The van der Waals surface area contributed by atoms with Gasteiger partial charge in [-0.05, 0) is 66.1 Å². The van der Waals surface area contributed by atoms with Crippen molar-refractivity contribution in [3.8, 4) is 11.3 Å². The number of hydrogen-bond donors (Lipinski definition) is 0. The van der Waals surface area contributed by atoms with Gasteiger partial charge in [0.2, 0.25) is 5.13 Å². The molecular formula is C28H24ClN3S. The molecule has 2 aliphatic rings. The molecule has 0 fully saturated rings. The van der Waals surface area contributed by atoms with Crippen molar-refractivity contribution < 1.29 is 0 Å². The van der Waals surface area contributed by atoms with Crippen LogP contribution < -0.4 is 5.01 Å². The Morgan fingerprint density at radius 1 is 0.848 bits per heavy atom. The second-order valence-corrected chi connectivity index (χ2v) is 10.0. The fourth-order valence-corrected chi connectivity index (χ4v) is 5.79. The summed E-state index contributed by atoms with van der Waals surface area (Å²) < 4.78 is 0. The van der Waals surface area contributed by atoms with E-state index in [-0.39, 0.29) is 6.04 Å². The summed E-state index contributed by atoms with van der Waals surface area (Å²) in [6, 6.07) is 25.6. The van der Waals surface area contributed by atoms with E-state index in [1.165, 1.54) is 47.9 Å². The van der Waals surface area contributed by atoms with Gasteiger partial charge in [-0.15, -0.1) is 11.3 Å². The second-order valence-electron chi connectivity index (χ2n) is 8.73. The summed E-state index contributed by atoms with van der Waals surface area (Å²) in [6.45, 7) is 0. The van der Waals surface area contributed by atoms with Gasteiger partial charge in [-0.2, -0.15) is 5.10 Å². The van der Waals surface area contributed by atoms with Crippen LogP contribution >= 0.6 is 22.9 Å². The number of benzene rings is 3. The van der Waals surface area contributed by atoms with E-state index >= 15 is 0 Å². The van der Waals surface area contributed by atoms with Crippen LogP contribution in [0, 0.1) is 0 Å². The van der Waals surface area contributed by atoms with Gasteiger partial charge in [-0.1, -0.05) is 66.2 Å². The Labute approximate surface area is 203 Å². The molecule has 1 aliphatic heterocycles. The van der Waals surface area contributed by atoms with E-state index in [0.717, 1.165) is 33.5 Å². The molecule has 1 aromatic heterocycles. The SMILES string of the molecule is Clc1ccc(-c2csc(N3N=C(c4ccc5c(c4)CCCC5)C[C@@H]3c3ccccc3)n2)cc1. The van der Waals surface area contributed by atoms with E-state index in [4.69, 9.17) is 21.7 Å². The van der Waals surface area contributed by atoms with Gasteiger partial charge in [0.15, 0.2) is 0 Å². The number of hydrogen-bond acceptors (Lipinski definition) is 4. The lowest BCUT2D eigenvalue weighted by Crippen LogP contribution is -2.18. The molecule has 164 valence electrons. The van der Waals surface area contributed by atoms with Gasteiger partial charge in [0.05, 0.1) is 17.4 Å². The highest BCUT2D eigenvalue weighted by Crippen LogP contribution is 2.39. The quantitative estimate of drug-likeness (QED) is 0.306. The monoisotopic (exact) mass is 469 g/mol. The Bertz CT molecular complexity index is 1310. The molecule has 0 saturated carbocycles. The van der Waals surface area contributed by atoms with Crippen molar-refractivity contribution >= 4 is 33.8 Å². The van der Waals surface area contributed by atoms with Gasteiger partial charge in [-0.25, -0.2) is 9.99 Å². The maximum atomic E-state index is 6.07. The average molecular weight is 470 g/mol. The Kier molecular flexibility index (Phi) is 5.49. The highest BCUT2D eigenvalue weighted by molar-refractivity contribution is 7.14. The number of hydrazone groups is 1. The average Bonchev–Trinajstić information content (AvgIpc) is 3.53. The Hall–Kier alpha value is -2.95.